The van der Waals surface area contributed by atoms with Gasteiger partial charge < -0.3 is 15.5 Å². The molecule has 0 spiro atoms. The van der Waals surface area contributed by atoms with Crippen LogP contribution in [0.4, 0.5) is 11.8 Å². The van der Waals surface area contributed by atoms with Gasteiger partial charge in [0.2, 0.25) is 5.95 Å². The number of rotatable bonds is 5. The lowest BCUT2D eigenvalue weighted by molar-refractivity contribution is 0.111. The number of aromatic nitrogens is 2. The summed E-state index contributed by atoms with van der Waals surface area (Å²) < 4.78 is 0. The zero-order valence-electron chi connectivity index (χ0n) is 10.6. The van der Waals surface area contributed by atoms with E-state index >= 15 is 0 Å². The van der Waals surface area contributed by atoms with Crippen LogP contribution in [0.15, 0.2) is 6.07 Å². The average Bonchev–Trinajstić information content (AvgIpc) is 2.45. The Kier molecular flexibility index (Phi) is 4.46. The van der Waals surface area contributed by atoms with Crippen LogP contribution in [0.2, 0.25) is 0 Å². The maximum absolute atomic E-state index is 10.9. The maximum atomic E-state index is 10.9. The summed E-state index contributed by atoms with van der Waals surface area (Å²) in [5.74, 6) is 1.36. The lowest BCUT2D eigenvalue weighted by Gasteiger charge is -2.28. The molecule has 0 bridgehead atoms. The van der Waals surface area contributed by atoms with Gasteiger partial charge >= 0.3 is 0 Å². The highest BCUT2D eigenvalue weighted by Crippen LogP contribution is 2.15. The first-order valence-electron chi connectivity index (χ1n) is 6.37. The minimum atomic E-state index is 0.428. The molecule has 0 amide bonds. The van der Waals surface area contributed by atoms with Crippen molar-refractivity contribution in [3.05, 3.63) is 11.8 Å². The van der Waals surface area contributed by atoms with E-state index in [0.29, 0.717) is 11.6 Å². The van der Waals surface area contributed by atoms with Gasteiger partial charge in [0, 0.05) is 38.8 Å². The van der Waals surface area contributed by atoms with Crippen LogP contribution in [0.1, 0.15) is 23.8 Å². The van der Waals surface area contributed by atoms with Gasteiger partial charge in [0.15, 0.2) is 6.29 Å². The van der Waals surface area contributed by atoms with Gasteiger partial charge in [-0.2, -0.15) is 4.98 Å². The minimum absolute atomic E-state index is 0.428. The molecule has 1 aromatic rings. The number of carbonyl (C=O) groups excluding carboxylic acids is 1. The van der Waals surface area contributed by atoms with Crippen LogP contribution < -0.4 is 15.5 Å². The predicted octanol–water partition coefficient (Wildman–Crippen LogP) is 0.521. The highest BCUT2D eigenvalue weighted by Gasteiger charge is 2.14. The van der Waals surface area contributed by atoms with Crippen molar-refractivity contribution >= 4 is 18.1 Å². The molecule has 98 valence electrons. The van der Waals surface area contributed by atoms with E-state index in [1.807, 2.05) is 0 Å². The molecule has 1 saturated heterocycles. The Hall–Kier alpha value is -1.69. The van der Waals surface area contributed by atoms with Crippen LogP contribution in [0.25, 0.3) is 0 Å². The second-order valence-corrected chi connectivity index (χ2v) is 4.26. The van der Waals surface area contributed by atoms with Crippen LogP contribution in [0, 0.1) is 0 Å². The van der Waals surface area contributed by atoms with E-state index < -0.39 is 0 Å². The van der Waals surface area contributed by atoms with Crippen molar-refractivity contribution in [1.82, 2.24) is 15.3 Å². The van der Waals surface area contributed by atoms with Gasteiger partial charge in [0.1, 0.15) is 11.5 Å². The molecule has 1 aliphatic rings. The first-order chi connectivity index (χ1) is 8.83. The molecule has 0 saturated carbocycles. The molecular weight excluding hydrogens is 230 g/mol. The number of aldehydes is 1. The third-order valence-corrected chi connectivity index (χ3v) is 2.83. The summed E-state index contributed by atoms with van der Waals surface area (Å²) in [6.07, 6.45) is 1.77. The summed E-state index contributed by atoms with van der Waals surface area (Å²) in [4.78, 5) is 21.7. The van der Waals surface area contributed by atoms with E-state index in [1.165, 1.54) is 0 Å². The largest absolute Gasteiger partial charge is 0.354 e. The molecule has 2 rings (SSSR count). The Balaban J connectivity index is 2.19. The Labute approximate surface area is 107 Å². The van der Waals surface area contributed by atoms with Crippen molar-refractivity contribution in [1.29, 1.82) is 0 Å². The lowest BCUT2D eigenvalue weighted by Crippen LogP contribution is -2.44. The van der Waals surface area contributed by atoms with Crippen molar-refractivity contribution in [2.24, 2.45) is 0 Å². The topological polar surface area (TPSA) is 70.2 Å². The van der Waals surface area contributed by atoms with Crippen molar-refractivity contribution in [2.75, 3.05) is 42.9 Å². The molecule has 1 fully saturated rings. The Bertz CT molecular complexity index is 403. The smallest absolute Gasteiger partial charge is 0.225 e. The fourth-order valence-corrected chi connectivity index (χ4v) is 1.88. The third-order valence-electron chi connectivity index (χ3n) is 2.83. The number of carbonyl (C=O) groups is 1. The van der Waals surface area contributed by atoms with Gasteiger partial charge in [-0.3, -0.25) is 4.79 Å². The number of nitrogens with one attached hydrogen (secondary N) is 2. The van der Waals surface area contributed by atoms with Crippen LogP contribution >= 0.6 is 0 Å². The summed E-state index contributed by atoms with van der Waals surface area (Å²) in [6, 6.07) is 1.75. The van der Waals surface area contributed by atoms with Crippen LogP contribution in [-0.2, 0) is 0 Å². The van der Waals surface area contributed by atoms with E-state index in [4.69, 9.17) is 0 Å². The molecule has 0 radical (unpaired) electrons. The zero-order chi connectivity index (χ0) is 12.8. The van der Waals surface area contributed by atoms with Gasteiger partial charge in [-0.25, -0.2) is 4.98 Å². The van der Waals surface area contributed by atoms with E-state index in [1.54, 1.807) is 6.07 Å². The van der Waals surface area contributed by atoms with Gasteiger partial charge in [0.25, 0.3) is 0 Å². The van der Waals surface area contributed by atoms with E-state index in [-0.39, 0.29) is 0 Å². The van der Waals surface area contributed by atoms with Crippen molar-refractivity contribution in [2.45, 2.75) is 13.3 Å². The summed E-state index contributed by atoms with van der Waals surface area (Å²) in [5, 5.41) is 6.42. The first kappa shape index (κ1) is 12.8. The molecule has 6 nitrogen and oxygen atoms in total. The van der Waals surface area contributed by atoms with Crippen LogP contribution in [0.3, 0.4) is 0 Å². The Morgan fingerprint density at radius 3 is 2.89 bits per heavy atom. The lowest BCUT2D eigenvalue weighted by atomic mass is 10.3. The van der Waals surface area contributed by atoms with E-state index in [0.717, 1.165) is 51.2 Å². The molecular formula is C12H19N5O. The van der Waals surface area contributed by atoms with E-state index in [9.17, 15) is 4.79 Å². The SMILES string of the molecule is CCCNc1nc(C=O)cc(N2CCNCC2)n1. The first-order valence-corrected chi connectivity index (χ1v) is 6.37. The molecule has 0 atom stereocenters. The maximum Gasteiger partial charge on any atom is 0.225 e. The number of hydrogen-bond donors (Lipinski definition) is 2. The van der Waals surface area contributed by atoms with E-state index in [2.05, 4.69) is 32.4 Å². The number of piperazine rings is 1. The zero-order valence-corrected chi connectivity index (χ0v) is 10.6. The Morgan fingerprint density at radius 2 is 2.22 bits per heavy atom. The quantitative estimate of drug-likeness (QED) is 0.741. The summed E-state index contributed by atoms with van der Waals surface area (Å²) in [7, 11) is 0. The van der Waals surface area contributed by atoms with Gasteiger partial charge in [-0.15, -0.1) is 0 Å². The molecule has 0 unspecified atom stereocenters. The molecule has 1 aliphatic heterocycles. The van der Waals surface area contributed by atoms with Crippen molar-refractivity contribution in [3.8, 4) is 0 Å². The fraction of sp³-hybridized carbons (Fsp3) is 0.583. The number of hydrogen-bond acceptors (Lipinski definition) is 6. The molecule has 6 heteroatoms. The Morgan fingerprint density at radius 1 is 1.44 bits per heavy atom. The van der Waals surface area contributed by atoms with Gasteiger partial charge in [-0.05, 0) is 6.42 Å². The highest BCUT2D eigenvalue weighted by molar-refractivity contribution is 5.74. The average molecular weight is 249 g/mol. The molecule has 2 N–H and O–H groups in total. The normalized spacial score (nSPS) is 15.5. The summed E-state index contributed by atoms with van der Waals surface area (Å²) in [5.41, 5.74) is 0.428. The number of anilines is 2. The summed E-state index contributed by atoms with van der Waals surface area (Å²) in [6.45, 7) is 6.58. The second kappa shape index (κ2) is 6.30. The molecule has 18 heavy (non-hydrogen) atoms. The molecule has 2 heterocycles. The van der Waals surface area contributed by atoms with Gasteiger partial charge in [0.05, 0.1) is 0 Å². The van der Waals surface area contributed by atoms with Crippen molar-refractivity contribution < 1.29 is 4.79 Å². The minimum Gasteiger partial charge on any atom is -0.354 e. The number of nitrogens with zero attached hydrogens (tertiary/aromatic N) is 3. The predicted molar refractivity (Wildman–Crippen MR) is 71.3 cm³/mol. The monoisotopic (exact) mass is 249 g/mol. The highest BCUT2D eigenvalue weighted by atomic mass is 16.1. The third kappa shape index (κ3) is 3.16. The molecule has 0 aromatic carbocycles. The standard InChI is InChI=1S/C12H19N5O/c1-2-3-14-12-15-10(9-18)8-11(16-12)17-6-4-13-5-7-17/h8-9,13H,2-7H2,1H3,(H,14,15,16). The van der Waals surface area contributed by atoms with Crippen LogP contribution in [0.5, 0.6) is 0 Å². The molecule has 1 aromatic heterocycles. The molecule has 0 aliphatic carbocycles. The summed E-state index contributed by atoms with van der Waals surface area (Å²) >= 11 is 0. The fourth-order valence-electron chi connectivity index (χ4n) is 1.88. The van der Waals surface area contributed by atoms with Crippen LogP contribution in [-0.4, -0.2) is 49.0 Å². The second-order valence-electron chi connectivity index (χ2n) is 4.26. The van der Waals surface area contributed by atoms with Crippen molar-refractivity contribution in [3.63, 3.8) is 0 Å². The van der Waals surface area contributed by atoms with Gasteiger partial charge in [-0.1, -0.05) is 6.92 Å².